The molecule has 1 atom stereocenters. The van der Waals surface area contributed by atoms with Gasteiger partial charge in [-0.05, 0) is 48.7 Å². The summed E-state index contributed by atoms with van der Waals surface area (Å²) in [7, 11) is 3.31. The number of aromatic nitrogens is 1. The molecule has 1 unspecified atom stereocenters. The van der Waals surface area contributed by atoms with E-state index < -0.39 is 0 Å². The van der Waals surface area contributed by atoms with Crippen LogP contribution in [-0.4, -0.2) is 30.0 Å². The summed E-state index contributed by atoms with van der Waals surface area (Å²) in [6.45, 7) is 0.533. The summed E-state index contributed by atoms with van der Waals surface area (Å²) in [6, 6.07) is 19.8. The molecule has 4 rings (SSSR count). The predicted octanol–water partition coefficient (Wildman–Crippen LogP) is 5.02. The van der Waals surface area contributed by atoms with Crippen LogP contribution in [0.15, 0.2) is 66.9 Å². The molecule has 1 saturated heterocycles. The van der Waals surface area contributed by atoms with Gasteiger partial charge in [-0.3, -0.25) is 9.78 Å². The molecule has 0 radical (unpaired) electrons. The highest BCUT2D eigenvalue weighted by molar-refractivity contribution is 5.78. The molecule has 1 aliphatic rings. The van der Waals surface area contributed by atoms with Crippen LogP contribution in [0.4, 0.5) is 0 Å². The van der Waals surface area contributed by atoms with Crippen LogP contribution in [0.5, 0.6) is 11.5 Å². The normalized spacial score (nSPS) is 16.4. The molecule has 2 heterocycles. The average molecular weight is 402 g/mol. The van der Waals surface area contributed by atoms with Crippen molar-refractivity contribution in [2.24, 2.45) is 0 Å². The summed E-state index contributed by atoms with van der Waals surface area (Å²) in [4.78, 5) is 19.4. The van der Waals surface area contributed by atoms with Gasteiger partial charge in [-0.1, -0.05) is 30.3 Å². The predicted molar refractivity (Wildman–Crippen MR) is 116 cm³/mol. The van der Waals surface area contributed by atoms with Crippen molar-refractivity contribution in [3.8, 4) is 22.8 Å². The van der Waals surface area contributed by atoms with E-state index in [4.69, 9.17) is 9.47 Å². The van der Waals surface area contributed by atoms with E-state index in [0.29, 0.717) is 13.0 Å². The van der Waals surface area contributed by atoms with Crippen molar-refractivity contribution in [3.63, 3.8) is 0 Å². The first-order valence-electron chi connectivity index (χ1n) is 10.2. The van der Waals surface area contributed by atoms with Gasteiger partial charge in [0.05, 0.1) is 31.5 Å². The van der Waals surface area contributed by atoms with Crippen molar-refractivity contribution in [2.75, 3.05) is 14.2 Å². The summed E-state index contributed by atoms with van der Waals surface area (Å²) >= 11 is 0. The van der Waals surface area contributed by atoms with Crippen molar-refractivity contribution >= 4 is 5.91 Å². The van der Waals surface area contributed by atoms with Crippen LogP contribution in [0, 0.1) is 0 Å². The van der Waals surface area contributed by atoms with E-state index in [1.165, 1.54) is 0 Å². The number of carbonyl (C=O) groups is 1. The number of pyridine rings is 1. The third-order valence-corrected chi connectivity index (χ3v) is 5.60. The maximum atomic E-state index is 13.0. The Bertz CT molecular complexity index is 998. The van der Waals surface area contributed by atoms with Gasteiger partial charge in [0.2, 0.25) is 5.91 Å². The summed E-state index contributed by atoms with van der Waals surface area (Å²) in [6.07, 6.45) is 4.09. The van der Waals surface area contributed by atoms with Crippen LogP contribution in [0.3, 0.4) is 0 Å². The van der Waals surface area contributed by atoms with Gasteiger partial charge in [0, 0.05) is 24.7 Å². The van der Waals surface area contributed by atoms with Crippen molar-refractivity contribution in [3.05, 3.63) is 78.0 Å². The van der Waals surface area contributed by atoms with E-state index >= 15 is 0 Å². The Balaban J connectivity index is 1.68. The summed E-state index contributed by atoms with van der Waals surface area (Å²) in [5.74, 6) is 1.66. The molecule has 5 nitrogen and oxygen atoms in total. The Kier molecular flexibility index (Phi) is 5.98. The highest BCUT2D eigenvalue weighted by Crippen LogP contribution is 2.42. The van der Waals surface area contributed by atoms with E-state index in [1.807, 2.05) is 53.4 Å². The maximum absolute atomic E-state index is 13.0. The molecule has 0 spiro atoms. The molecule has 1 fully saturated rings. The SMILES string of the molecule is COc1cccc(OC)c1C1CCCC(=O)N1Cc1cccc(-c2ccccn2)c1. The lowest BCUT2D eigenvalue weighted by molar-refractivity contribution is -0.137. The van der Waals surface area contributed by atoms with Gasteiger partial charge in [-0.25, -0.2) is 0 Å². The molecule has 0 saturated carbocycles. The van der Waals surface area contributed by atoms with Gasteiger partial charge in [0.15, 0.2) is 0 Å². The number of ether oxygens (including phenoxy) is 2. The maximum Gasteiger partial charge on any atom is 0.223 e. The minimum atomic E-state index is -0.0872. The minimum Gasteiger partial charge on any atom is -0.496 e. The average Bonchev–Trinajstić information content (AvgIpc) is 2.80. The third kappa shape index (κ3) is 4.01. The molecular formula is C25H26N2O3. The van der Waals surface area contributed by atoms with E-state index in [2.05, 4.69) is 17.1 Å². The number of rotatable bonds is 6. The molecule has 1 amide bonds. The van der Waals surface area contributed by atoms with Crippen LogP contribution in [0.25, 0.3) is 11.3 Å². The van der Waals surface area contributed by atoms with Gasteiger partial charge in [0.25, 0.3) is 0 Å². The van der Waals surface area contributed by atoms with Crippen molar-refractivity contribution in [1.29, 1.82) is 0 Å². The molecule has 0 N–H and O–H groups in total. The van der Waals surface area contributed by atoms with Crippen LogP contribution >= 0.6 is 0 Å². The zero-order valence-electron chi connectivity index (χ0n) is 17.4. The fourth-order valence-corrected chi connectivity index (χ4v) is 4.19. The molecule has 1 aliphatic heterocycles. The smallest absolute Gasteiger partial charge is 0.223 e. The molecule has 0 bridgehead atoms. The number of nitrogens with zero attached hydrogens (tertiary/aromatic N) is 2. The summed E-state index contributed by atoms with van der Waals surface area (Å²) in [5.41, 5.74) is 3.99. The second-order valence-electron chi connectivity index (χ2n) is 7.42. The third-order valence-electron chi connectivity index (χ3n) is 5.60. The molecule has 30 heavy (non-hydrogen) atoms. The number of amides is 1. The van der Waals surface area contributed by atoms with E-state index in [1.54, 1.807) is 20.4 Å². The first-order valence-corrected chi connectivity index (χ1v) is 10.2. The molecule has 0 aliphatic carbocycles. The summed E-state index contributed by atoms with van der Waals surface area (Å²) < 4.78 is 11.3. The second-order valence-corrected chi connectivity index (χ2v) is 7.42. The first kappa shape index (κ1) is 20.0. The van der Waals surface area contributed by atoms with Gasteiger partial charge in [-0.2, -0.15) is 0 Å². The summed E-state index contributed by atoms with van der Waals surface area (Å²) in [5, 5.41) is 0. The fraction of sp³-hybridized carbons (Fsp3) is 0.280. The minimum absolute atomic E-state index is 0.0872. The number of benzene rings is 2. The first-order chi connectivity index (χ1) is 14.7. The van der Waals surface area contributed by atoms with Crippen molar-refractivity contribution in [2.45, 2.75) is 31.8 Å². The zero-order valence-corrected chi connectivity index (χ0v) is 17.4. The Morgan fingerprint density at radius 3 is 2.47 bits per heavy atom. The molecule has 154 valence electrons. The van der Waals surface area contributed by atoms with Gasteiger partial charge in [0.1, 0.15) is 11.5 Å². The quantitative estimate of drug-likeness (QED) is 0.581. The largest absolute Gasteiger partial charge is 0.496 e. The van der Waals surface area contributed by atoms with Crippen LogP contribution < -0.4 is 9.47 Å². The molecule has 3 aromatic rings. The fourth-order valence-electron chi connectivity index (χ4n) is 4.19. The number of hydrogen-bond donors (Lipinski definition) is 0. The number of likely N-dealkylation sites (tertiary alicyclic amines) is 1. The molecule has 2 aromatic carbocycles. The topological polar surface area (TPSA) is 51.7 Å². The van der Waals surface area contributed by atoms with Gasteiger partial charge >= 0.3 is 0 Å². The van der Waals surface area contributed by atoms with E-state index in [-0.39, 0.29) is 11.9 Å². The number of hydrogen-bond acceptors (Lipinski definition) is 4. The lowest BCUT2D eigenvalue weighted by Crippen LogP contribution is -2.38. The van der Waals surface area contributed by atoms with Crippen LogP contribution in [-0.2, 0) is 11.3 Å². The van der Waals surface area contributed by atoms with Crippen LogP contribution in [0.1, 0.15) is 36.4 Å². The second kappa shape index (κ2) is 8.99. The number of piperidine rings is 1. The number of methoxy groups -OCH3 is 2. The number of carbonyl (C=O) groups excluding carboxylic acids is 1. The van der Waals surface area contributed by atoms with E-state index in [0.717, 1.165) is 46.7 Å². The lowest BCUT2D eigenvalue weighted by Gasteiger charge is -2.37. The Hall–Kier alpha value is -3.34. The standard InChI is InChI=1S/C25H26N2O3/c1-29-22-12-7-13-23(30-2)25(22)21-11-6-14-24(28)27(21)17-18-8-5-9-19(16-18)20-10-3-4-15-26-20/h3-5,7-10,12-13,15-16,21H,6,11,14,17H2,1-2H3. The van der Waals surface area contributed by atoms with Gasteiger partial charge < -0.3 is 14.4 Å². The van der Waals surface area contributed by atoms with Crippen LogP contribution in [0.2, 0.25) is 0 Å². The molecule has 1 aromatic heterocycles. The molecule has 5 heteroatoms. The van der Waals surface area contributed by atoms with Crippen molar-refractivity contribution in [1.82, 2.24) is 9.88 Å². The van der Waals surface area contributed by atoms with E-state index in [9.17, 15) is 4.79 Å². The Labute approximate surface area is 177 Å². The Morgan fingerprint density at radius 1 is 1.00 bits per heavy atom. The highest BCUT2D eigenvalue weighted by atomic mass is 16.5. The zero-order chi connectivity index (χ0) is 20.9. The van der Waals surface area contributed by atoms with Gasteiger partial charge in [-0.15, -0.1) is 0 Å². The lowest BCUT2D eigenvalue weighted by atomic mass is 9.92. The Morgan fingerprint density at radius 2 is 1.77 bits per heavy atom. The highest BCUT2D eigenvalue weighted by Gasteiger charge is 2.33. The molecular weight excluding hydrogens is 376 g/mol. The van der Waals surface area contributed by atoms with Crippen molar-refractivity contribution < 1.29 is 14.3 Å². The monoisotopic (exact) mass is 402 g/mol.